The molecule has 1 unspecified atom stereocenters. The summed E-state index contributed by atoms with van der Waals surface area (Å²) in [5.41, 5.74) is 0. The maximum absolute atomic E-state index is 12.4. The fourth-order valence-corrected chi connectivity index (χ4v) is 3.43. The fraction of sp³-hybridized carbons (Fsp3) is 0.938. The smallest absolute Gasteiger partial charge is 0.222 e. The molecule has 2 aliphatic heterocycles. The van der Waals surface area contributed by atoms with E-state index >= 15 is 0 Å². The van der Waals surface area contributed by atoms with E-state index in [0.717, 1.165) is 64.8 Å². The molecule has 0 aromatic carbocycles. The second-order valence-electron chi connectivity index (χ2n) is 6.48. The number of halogens is 2. The zero-order valence-electron chi connectivity index (χ0n) is 14.5. The first-order valence-corrected chi connectivity index (χ1v) is 8.40. The monoisotopic (exact) mass is 369 g/mol. The molecule has 0 bridgehead atoms. The average molecular weight is 370 g/mol. The molecule has 0 radical (unpaired) electrons. The Morgan fingerprint density at radius 1 is 1.17 bits per heavy atom. The van der Waals surface area contributed by atoms with Crippen LogP contribution in [0, 0.1) is 11.8 Å². The summed E-state index contributed by atoms with van der Waals surface area (Å²) >= 11 is 0. The normalized spacial score (nSPS) is 21.2. The van der Waals surface area contributed by atoms with Crippen molar-refractivity contribution in [2.75, 3.05) is 59.5 Å². The van der Waals surface area contributed by atoms with Crippen molar-refractivity contribution in [2.45, 2.75) is 26.2 Å². The van der Waals surface area contributed by atoms with Gasteiger partial charge in [-0.1, -0.05) is 6.92 Å². The van der Waals surface area contributed by atoms with E-state index in [1.165, 1.54) is 12.8 Å². The largest absolute Gasteiger partial charge is 0.383 e. The van der Waals surface area contributed by atoms with Gasteiger partial charge in [0.1, 0.15) is 0 Å². The molecule has 23 heavy (non-hydrogen) atoms. The molecule has 5 nitrogen and oxygen atoms in total. The molecule has 0 aliphatic carbocycles. The van der Waals surface area contributed by atoms with Gasteiger partial charge < -0.3 is 15.0 Å². The van der Waals surface area contributed by atoms with E-state index in [0.29, 0.717) is 11.8 Å². The molecule has 1 atom stereocenters. The van der Waals surface area contributed by atoms with Crippen LogP contribution in [0.15, 0.2) is 0 Å². The molecular weight excluding hydrogens is 337 g/mol. The third kappa shape index (κ3) is 7.57. The van der Waals surface area contributed by atoms with E-state index in [9.17, 15) is 4.79 Å². The molecule has 2 aliphatic rings. The van der Waals surface area contributed by atoms with Crippen LogP contribution < -0.4 is 5.32 Å². The Balaban J connectivity index is 0.00000242. The second kappa shape index (κ2) is 12.3. The first-order chi connectivity index (χ1) is 10.2. The van der Waals surface area contributed by atoms with Crippen molar-refractivity contribution in [2.24, 2.45) is 11.8 Å². The molecular formula is C16H33Cl2N3O2. The predicted octanol–water partition coefficient (Wildman–Crippen LogP) is 1.65. The molecule has 2 saturated heterocycles. The number of nitrogens with one attached hydrogen (secondary N) is 1. The van der Waals surface area contributed by atoms with Gasteiger partial charge in [-0.3, -0.25) is 9.69 Å². The summed E-state index contributed by atoms with van der Waals surface area (Å²) in [6.07, 6.45) is 3.17. The van der Waals surface area contributed by atoms with Gasteiger partial charge in [0.25, 0.3) is 0 Å². The molecule has 7 heteroatoms. The van der Waals surface area contributed by atoms with Gasteiger partial charge in [0, 0.05) is 46.3 Å². The molecule has 0 aromatic rings. The van der Waals surface area contributed by atoms with Crippen LogP contribution in [0.4, 0.5) is 0 Å². The number of hydrogen-bond donors (Lipinski definition) is 1. The van der Waals surface area contributed by atoms with Gasteiger partial charge >= 0.3 is 0 Å². The summed E-state index contributed by atoms with van der Waals surface area (Å²) in [5.74, 6) is 1.59. The van der Waals surface area contributed by atoms with Crippen molar-refractivity contribution in [3.05, 3.63) is 0 Å². The van der Waals surface area contributed by atoms with Crippen LogP contribution in [0.2, 0.25) is 0 Å². The number of carbonyl (C=O) groups is 1. The number of amides is 1. The van der Waals surface area contributed by atoms with E-state index in [1.807, 2.05) is 0 Å². The zero-order chi connectivity index (χ0) is 15.1. The van der Waals surface area contributed by atoms with Crippen LogP contribution in [-0.2, 0) is 9.53 Å². The quantitative estimate of drug-likeness (QED) is 0.772. The van der Waals surface area contributed by atoms with E-state index in [1.54, 1.807) is 7.11 Å². The van der Waals surface area contributed by atoms with Gasteiger partial charge in [-0.05, 0) is 37.8 Å². The maximum atomic E-state index is 12.4. The lowest BCUT2D eigenvalue weighted by atomic mass is 9.84. The van der Waals surface area contributed by atoms with Gasteiger partial charge in [-0.25, -0.2) is 0 Å². The van der Waals surface area contributed by atoms with Gasteiger partial charge in [-0.2, -0.15) is 0 Å². The predicted molar refractivity (Wildman–Crippen MR) is 98.8 cm³/mol. The SMILES string of the molecule is COCCN1CCN(C(=O)CC(C)C2CCNCC2)CC1.Cl.Cl. The van der Waals surface area contributed by atoms with Gasteiger partial charge in [0.05, 0.1) is 6.61 Å². The molecule has 0 aromatic heterocycles. The molecule has 0 saturated carbocycles. The van der Waals surface area contributed by atoms with Crippen molar-refractivity contribution in [1.82, 2.24) is 15.1 Å². The first kappa shape index (κ1) is 22.9. The standard InChI is InChI=1S/C16H31N3O2.2ClH/c1-14(15-3-5-17-6-4-15)13-16(20)19-9-7-18(8-10-19)11-12-21-2;;/h14-15,17H,3-13H2,1-2H3;2*1H. The number of rotatable bonds is 6. The van der Waals surface area contributed by atoms with Gasteiger partial charge in [0.15, 0.2) is 0 Å². The molecule has 2 rings (SSSR count). The van der Waals surface area contributed by atoms with Gasteiger partial charge in [0.2, 0.25) is 5.91 Å². The number of nitrogens with zero attached hydrogens (tertiary/aromatic N) is 2. The van der Waals surface area contributed by atoms with Crippen molar-refractivity contribution in [3.8, 4) is 0 Å². The molecule has 0 spiro atoms. The van der Waals surface area contributed by atoms with Crippen LogP contribution in [0.5, 0.6) is 0 Å². The third-order valence-electron chi connectivity index (χ3n) is 5.02. The Labute approximate surface area is 153 Å². The Bertz CT molecular complexity index is 320. The number of carbonyl (C=O) groups excluding carboxylic acids is 1. The topological polar surface area (TPSA) is 44.8 Å². The van der Waals surface area contributed by atoms with E-state index < -0.39 is 0 Å². The van der Waals surface area contributed by atoms with Crippen molar-refractivity contribution in [1.29, 1.82) is 0 Å². The zero-order valence-corrected chi connectivity index (χ0v) is 16.1. The summed E-state index contributed by atoms with van der Waals surface area (Å²) in [6, 6.07) is 0. The highest BCUT2D eigenvalue weighted by Crippen LogP contribution is 2.25. The third-order valence-corrected chi connectivity index (χ3v) is 5.02. The minimum atomic E-state index is 0. The number of piperidine rings is 1. The average Bonchev–Trinajstić information content (AvgIpc) is 2.54. The van der Waals surface area contributed by atoms with Gasteiger partial charge in [-0.15, -0.1) is 24.8 Å². The summed E-state index contributed by atoms with van der Waals surface area (Å²) < 4.78 is 5.11. The Hall–Kier alpha value is -0.0700. The van der Waals surface area contributed by atoms with Crippen molar-refractivity contribution < 1.29 is 9.53 Å². The summed E-state index contributed by atoms with van der Waals surface area (Å²) in [4.78, 5) is 16.9. The first-order valence-electron chi connectivity index (χ1n) is 8.40. The molecule has 2 fully saturated rings. The Morgan fingerprint density at radius 3 is 2.35 bits per heavy atom. The lowest BCUT2D eigenvalue weighted by Gasteiger charge is -2.36. The maximum Gasteiger partial charge on any atom is 0.222 e. The highest BCUT2D eigenvalue weighted by Gasteiger charge is 2.26. The molecule has 1 amide bonds. The Morgan fingerprint density at radius 2 is 1.78 bits per heavy atom. The number of methoxy groups -OCH3 is 1. The Kier molecular flexibility index (Phi) is 12.3. The highest BCUT2D eigenvalue weighted by atomic mass is 35.5. The summed E-state index contributed by atoms with van der Waals surface area (Å²) in [6.45, 7) is 9.95. The fourth-order valence-electron chi connectivity index (χ4n) is 3.43. The number of hydrogen-bond acceptors (Lipinski definition) is 4. The van der Waals surface area contributed by atoms with Crippen LogP contribution in [0.25, 0.3) is 0 Å². The number of ether oxygens (including phenoxy) is 1. The van der Waals surface area contributed by atoms with Crippen molar-refractivity contribution in [3.63, 3.8) is 0 Å². The molecule has 2 heterocycles. The van der Waals surface area contributed by atoms with E-state index in [2.05, 4.69) is 22.0 Å². The van der Waals surface area contributed by atoms with E-state index in [4.69, 9.17) is 4.74 Å². The van der Waals surface area contributed by atoms with Crippen molar-refractivity contribution >= 4 is 30.7 Å². The minimum absolute atomic E-state index is 0. The van der Waals surface area contributed by atoms with Crippen LogP contribution in [0.3, 0.4) is 0 Å². The number of piperazine rings is 1. The van der Waals surface area contributed by atoms with Crippen LogP contribution in [0.1, 0.15) is 26.2 Å². The lowest BCUT2D eigenvalue weighted by Crippen LogP contribution is -2.49. The molecule has 138 valence electrons. The minimum Gasteiger partial charge on any atom is -0.383 e. The van der Waals surface area contributed by atoms with E-state index in [-0.39, 0.29) is 24.8 Å². The molecule has 1 N–H and O–H groups in total. The summed E-state index contributed by atoms with van der Waals surface area (Å²) in [5, 5.41) is 3.40. The summed E-state index contributed by atoms with van der Waals surface area (Å²) in [7, 11) is 1.74. The lowest BCUT2D eigenvalue weighted by molar-refractivity contribution is -0.134. The highest BCUT2D eigenvalue weighted by molar-refractivity contribution is 5.85. The second-order valence-corrected chi connectivity index (χ2v) is 6.48. The van der Waals surface area contributed by atoms with Crippen LogP contribution in [-0.4, -0.2) is 75.2 Å². The van der Waals surface area contributed by atoms with Crippen LogP contribution >= 0.6 is 24.8 Å².